The maximum absolute atomic E-state index is 6.56. The number of aromatic nitrogens is 4. The zero-order chi connectivity index (χ0) is 30.9. The van der Waals surface area contributed by atoms with Crippen molar-refractivity contribution in [3.8, 4) is 45.6 Å². The smallest absolute Gasteiger partial charge is 0.227 e. The van der Waals surface area contributed by atoms with Crippen molar-refractivity contribution in [1.29, 1.82) is 0 Å². The zero-order valence-electron chi connectivity index (χ0n) is 24.7. The van der Waals surface area contributed by atoms with Gasteiger partial charge in [0.15, 0.2) is 23.1 Å². The van der Waals surface area contributed by atoms with Gasteiger partial charge in [0.2, 0.25) is 5.89 Å². The molecule has 6 aromatic carbocycles. The maximum atomic E-state index is 6.56. The molecule has 220 valence electrons. The molecule has 0 aliphatic heterocycles. The summed E-state index contributed by atoms with van der Waals surface area (Å²) >= 11 is 0. The third-order valence-electron chi connectivity index (χ3n) is 8.59. The molecule has 4 aromatic heterocycles. The molecule has 0 atom stereocenters. The van der Waals surface area contributed by atoms with Gasteiger partial charge >= 0.3 is 0 Å². The van der Waals surface area contributed by atoms with Gasteiger partial charge in [-0.05, 0) is 42.5 Å². The summed E-state index contributed by atoms with van der Waals surface area (Å²) in [4.78, 5) is 19.8. The van der Waals surface area contributed by atoms with E-state index >= 15 is 0 Å². The van der Waals surface area contributed by atoms with Crippen molar-refractivity contribution in [3.63, 3.8) is 0 Å². The standard InChI is InChI=1S/C40H22N4O3/c1-3-11-23(12-4-1)37-42-38(28-18-9-16-26-25-15-7-8-20-31(25)45-34(26)28)44-39(43-37)29-19-10-17-27-33-32(46-35(27)29)22-21-30-36(33)47-40(41-30)24-13-5-2-6-14-24/h1-22H. The topological polar surface area (TPSA) is 91.0 Å². The monoisotopic (exact) mass is 606 g/mol. The second kappa shape index (κ2) is 9.95. The molecule has 10 rings (SSSR count). The molecule has 47 heavy (non-hydrogen) atoms. The molecule has 0 spiro atoms. The number of hydrogen-bond acceptors (Lipinski definition) is 7. The van der Waals surface area contributed by atoms with E-state index in [-0.39, 0.29) is 0 Å². The summed E-state index contributed by atoms with van der Waals surface area (Å²) in [6, 6.07) is 43.8. The fourth-order valence-corrected chi connectivity index (χ4v) is 6.40. The summed E-state index contributed by atoms with van der Waals surface area (Å²) in [5.41, 5.74) is 7.65. The number of nitrogens with zero attached hydrogens (tertiary/aromatic N) is 4. The number of benzene rings is 6. The minimum atomic E-state index is 0.491. The van der Waals surface area contributed by atoms with Gasteiger partial charge in [0.1, 0.15) is 27.8 Å². The van der Waals surface area contributed by atoms with Gasteiger partial charge in [-0.15, -0.1) is 0 Å². The highest BCUT2D eigenvalue weighted by atomic mass is 16.4. The quantitative estimate of drug-likeness (QED) is 0.197. The van der Waals surface area contributed by atoms with E-state index in [0.29, 0.717) is 40.1 Å². The number of hydrogen-bond donors (Lipinski definition) is 0. The van der Waals surface area contributed by atoms with Crippen LogP contribution in [0.1, 0.15) is 0 Å². The molecule has 0 saturated carbocycles. The highest BCUT2D eigenvalue weighted by Gasteiger charge is 2.22. The summed E-state index contributed by atoms with van der Waals surface area (Å²) in [6.45, 7) is 0. The largest absolute Gasteiger partial charge is 0.455 e. The van der Waals surface area contributed by atoms with Crippen molar-refractivity contribution in [1.82, 2.24) is 19.9 Å². The van der Waals surface area contributed by atoms with Crippen LogP contribution in [-0.2, 0) is 0 Å². The molecular weight excluding hydrogens is 584 g/mol. The number of furan rings is 2. The Kier molecular flexibility index (Phi) is 5.44. The second-order valence-electron chi connectivity index (χ2n) is 11.4. The highest BCUT2D eigenvalue weighted by Crippen LogP contribution is 2.41. The maximum Gasteiger partial charge on any atom is 0.227 e. The normalized spacial score (nSPS) is 11.8. The highest BCUT2D eigenvalue weighted by molar-refractivity contribution is 6.18. The predicted molar refractivity (Wildman–Crippen MR) is 184 cm³/mol. The van der Waals surface area contributed by atoms with Gasteiger partial charge < -0.3 is 13.3 Å². The molecule has 0 bridgehead atoms. The molecule has 0 saturated heterocycles. The summed E-state index contributed by atoms with van der Waals surface area (Å²) in [7, 11) is 0. The van der Waals surface area contributed by atoms with E-state index in [1.165, 1.54) is 0 Å². The Balaban J connectivity index is 1.22. The van der Waals surface area contributed by atoms with Crippen molar-refractivity contribution in [2.75, 3.05) is 0 Å². The number of para-hydroxylation sites is 3. The van der Waals surface area contributed by atoms with Crippen LogP contribution in [0.4, 0.5) is 0 Å². The minimum absolute atomic E-state index is 0.491. The first kappa shape index (κ1) is 25.7. The SMILES string of the molecule is c1ccc(-c2nc(-c3cccc4c3oc3ccccc34)nc(-c3cccc4c3oc3ccc5nc(-c6ccccc6)oc5c34)n2)cc1. The van der Waals surface area contributed by atoms with E-state index < -0.39 is 0 Å². The minimum Gasteiger partial charge on any atom is -0.455 e. The number of rotatable bonds is 4. The molecule has 0 unspecified atom stereocenters. The molecular formula is C40H22N4O3. The molecule has 10 aromatic rings. The summed E-state index contributed by atoms with van der Waals surface area (Å²) in [6.07, 6.45) is 0. The molecule has 0 aliphatic rings. The number of oxazole rings is 1. The average molecular weight is 607 g/mol. The molecule has 4 heterocycles. The lowest BCUT2D eigenvalue weighted by atomic mass is 10.1. The molecule has 0 N–H and O–H groups in total. The molecule has 0 aliphatic carbocycles. The molecule has 7 heteroatoms. The van der Waals surface area contributed by atoms with Crippen LogP contribution in [0.2, 0.25) is 0 Å². The van der Waals surface area contributed by atoms with E-state index in [9.17, 15) is 0 Å². The van der Waals surface area contributed by atoms with Gasteiger partial charge in [-0.2, -0.15) is 0 Å². The first-order valence-electron chi connectivity index (χ1n) is 15.3. The van der Waals surface area contributed by atoms with Gasteiger partial charge in [0, 0.05) is 27.3 Å². The van der Waals surface area contributed by atoms with Crippen LogP contribution in [0.5, 0.6) is 0 Å². The Hall–Kier alpha value is -6.60. The predicted octanol–water partition coefficient (Wildman–Crippen LogP) is 10.5. The lowest BCUT2D eigenvalue weighted by Gasteiger charge is -2.09. The molecule has 7 nitrogen and oxygen atoms in total. The Labute approximate surface area is 266 Å². The third-order valence-corrected chi connectivity index (χ3v) is 8.59. The van der Waals surface area contributed by atoms with E-state index in [4.69, 9.17) is 33.2 Å². The van der Waals surface area contributed by atoms with Crippen molar-refractivity contribution < 1.29 is 13.3 Å². The van der Waals surface area contributed by atoms with Crippen LogP contribution in [0.3, 0.4) is 0 Å². The Morgan fingerprint density at radius 3 is 1.72 bits per heavy atom. The summed E-state index contributed by atoms with van der Waals surface area (Å²) in [5, 5.41) is 3.80. The first-order valence-corrected chi connectivity index (χ1v) is 15.3. The van der Waals surface area contributed by atoms with E-state index in [1.54, 1.807) is 0 Å². The lowest BCUT2D eigenvalue weighted by molar-refractivity contribution is 0.622. The summed E-state index contributed by atoms with van der Waals surface area (Å²) in [5.74, 6) is 2.12. The van der Waals surface area contributed by atoms with Crippen molar-refractivity contribution in [2.45, 2.75) is 0 Å². The lowest BCUT2D eigenvalue weighted by Crippen LogP contribution is -2.00. The average Bonchev–Trinajstić information content (AvgIpc) is 3.85. The van der Waals surface area contributed by atoms with Crippen molar-refractivity contribution in [3.05, 3.63) is 133 Å². The van der Waals surface area contributed by atoms with Gasteiger partial charge in [-0.25, -0.2) is 19.9 Å². The fraction of sp³-hybridized carbons (Fsp3) is 0. The Morgan fingerprint density at radius 2 is 0.957 bits per heavy atom. The van der Waals surface area contributed by atoms with Gasteiger partial charge in [0.05, 0.1) is 16.5 Å². The number of fused-ring (bicyclic) bond motifs is 8. The molecule has 0 amide bonds. The van der Waals surface area contributed by atoms with Gasteiger partial charge in [-0.3, -0.25) is 0 Å². The van der Waals surface area contributed by atoms with Crippen LogP contribution < -0.4 is 0 Å². The third kappa shape index (κ3) is 4.00. The second-order valence-corrected chi connectivity index (χ2v) is 11.4. The van der Waals surface area contributed by atoms with Crippen molar-refractivity contribution in [2.24, 2.45) is 0 Å². The molecule has 0 fully saturated rings. The van der Waals surface area contributed by atoms with Crippen LogP contribution in [-0.4, -0.2) is 19.9 Å². The van der Waals surface area contributed by atoms with Crippen LogP contribution in [0.15, 0.2) is 147 Å². The Bertz CT molecular complexity index is 2800. The van der Waals surface area contributed by atoms with Gasteiger partial charge in [0.25, 0.3) is 0 Å². The fourth-order valence-electron chi connectivity index (χ4n) is 6.40. The van der Waals surface area contributed by atoms with Crippen LogP contribution in [0.25, 0.3) is 101 Å². The van der Waals surface area contributed by atoms with E-state index in [0.717, 1.165) is 60.5 Å². The van der Waals surface area contributed by atoms with Crippen molar-refractivity contribution >= 4 is 55.0 Å². The van der Waals surface area contributed by atoms with Gasteiger partial charge in [-0.1, -0.05) is 91.0 Å². The van der Waals surface area contributed by atoms with Crippen LogP contribution >= 0.6 is 0 Å². The molecule has 0 radical (unpaired) electrons. The van der Waals surface area contributed by atoms with Crippen LogP contribution in [0, 0.1) is 0 Å². The first-order chi connectivity index (χ1) is 23.3. The van der Waals surface area contributed by atoms with E-state index in [2.05, 4.69) is 12.1 Å². The summed E-state index contributed by atoms with van der Waals surface area (Å²) < 4.78 is 19.3. The van der Waals surface area contributed by atoms with E-state index in [1.807, 2.05) is 121 Å². The zero-order valence-corrected chi connectivity index (χ0v) is 24.7. The Morgan fingerprint density at radius 1 is 0.362 bits per heavy atom.